The van der Waals surface area contributed by atoms with Gasteiger partial charge in [-0.25, -0.2) is 0 Å². The predicted molar refractivity (Wildman–Crippen MR) is 75.0 cm³/mol. The molecule has 3 nitrogen and oxygen atoms in total. The van der Waals surface area contributed by atoms with Crippen LogP contribution in [0.1, 0.15) is 66.8 Å². The fourth-order valence-corrected chi connectivity index (χ4v) is 3.72. The molecule has 0 radical (unpaired) electrons. The van der Waals surface area contributed by atoms with Crippen molar-refractivity contribution in [2.75, 3.05) is 5.73 Å². The van der Waals surface area contributed by atoms with E-state index in [1.807, 2.05) is 0 Å². The van der Waals surface area contributed by atoms with Gasteiger partial charge >= 0.3 is 0 Å². The highest BCUT2D eigenvalue weighted by atomic mass is 32.1. The number of nitrogen functional groups attached to an aromatic ring is 1. The summed E-state index contributed by atoms with van der Waals surface area (Å²) >= 11 is 1.52. The van der Waals surface area contributed by atoms with Gasteiger partial charge < -0.3 is 11.1 Å². The molecule has 2 saturated carbocycles. The molecular weight excluding hydrogens is 244 g/mol. The van der Waals surface area contributed by atoms with E-state index in [0.29, 0.717) is 17.0 Å². The second-order valence-electron chi connectivity index (χ2n) is 5.51. The first kappa shape index (κ1) is 12.0. The normalized spacial score (nSPS) is 20.9. The van der Waals surface area contributed by atoms with Gasteiger partial charge in [0.15, 0.2) is 0 Å². The zero-order valence-electron chi connectivity index (χ0n) is 10.6. The third-order valence-electron chi connectivity index (χ3n) is 4.03. The van der Waals surface area contributed by atoms with E-state index < -0.39 is 0 Å². The van der Waals surface area contributed by atoms with E-state index in [1.54, 1.807) is 0 Å². The molecule has 1 aromatic heterocycles. The van der Waals surface area contributed by atoms with Crippen molar-refractivity contribution in [3.63, 3.8) is 0 Å². The lowest BCUT2D eigenvalue weighted by Gasteiger charge is -2.22. The molecule has 3 N–H and O–H groups in total. The fraction of sp³-hybridized carbons (Fsp3) is 0.643. The molecular formula is C14H20N2OS. The van der Waals surface area contributed by atoms with Gasteiger partial charge in [0.1, 0.15) is 0 Å². The molecule has 2 aliphatic carbocycles. The molecule has 4 heteroatoms. The number of rotatable bonds is 3. The number of anilines is 1. The Morgan fingerprint density at radius 2 is 1.94 bits per heavy atom. The minimum Gasteiger partial charge on any atom is -0.390 e. The Labute approximate surface area is 112 Å². The van der Waals surface area contributed by atoms with Crippen LogP contribution in [0.3, 0.4) is 0 Å². The molecule has 1 aromatic rings. The average molecular weight is 264 g/mol. The van der Waals surface area contributed by atoms with Crippen molar-refractivity contribution < 1.29 is 4.79 Å². The number of carbonyl (C=O) groups is 1. The zero-order chi connectivity index (χ0) is 12.5. The van der Waals surface area contributed by atoms with Crippen LogP contribution in [-0.4, -0.2) is 11.9 Å². The topological polar surface area (TPSA) is 55.1 Å². The maximum absolute atomic E-state index is 12.3. The van der Waals surface area contributed by atoms with Crippen LogP contribution in [0, 0.1) is 0 Å². The summed E-state index contributed by atoms with van der Waals surface area (Å²) in [4.78, 5) is 12.3. The van der Waals surface area contributed by atoms with E-state index in [4.69, 9.17) is 5.73 Å². The number of carbonyl (C=O) groups excluding carboxylic acids is 1. The first-order chi connectivity index (χ1) is 8.75. The van der Waals surface area contributed by atoms with Crippen molar-refractivity contribution in [2.24, 2.45) is 0 Å². The summed E-state index contributed by atoms with van der Waals surface area (Å²) in [5.74, 6) is 0.601. The van der Waals surface area contributed by atoms with Crippen molar-refractivity contribution in [3.8, 4) is 0 Å². The molecule has 2 aliphatic rings. The Kier molecular flexibility index (Phi) is 3.29. The van der Waals surface area contributed by atoms with Crippen molar-refractivity contribution in [2.45, 2.75) is 56.9 Å². The highest BCUT2D eigenvalue weighted by molar-refractivity contribution is 7.14. The van der Waals surface area contributed by atoms with Gasteiger partial charge in [0, 0.05) is 6.04 Å². The lowest BCUT2D eigenvalue weighted by atomic mass is 9.83. The van der Waals surface area contributed by atoms with E-state index in [9.17, 15) is 4.79 Å². The summed E-state index contributed by atoms with van der Waals surface area (Å²) in [5, 5.41) is 5.86. The monoisotopic (exact) mass is 264 g/mol. The molecule has 0 unspecified atom stereocenters. The van der Waals surface area contributed by atoms with Crippen LogP contribution in [-0.2, 0) is 0 Å². The number of thiophene rings is 1. The summed E-state index contributed by atoms with van der Waals surface area (Å²) in [7, 11) is 0. The van der Waals surface area contributed by atoms with Crippen molar-refractivity contribution >= 4 is 22.2 Å². The van der Waals surface area contributed by atoms with Crippen LogP contribution < -0.4 is 11.1 Å². The smallest absolute Gasteiger partial charge is 0.254 e. The average Bonchev–Trinajstić information content (AvgIpc) is 3.10. The van der Waals surface area contributed by atoms with Crippen molar-refractivity contribution in [1.82, 2.24) is 5.32 Å². The van der Waals surface area contributed by atoms with E-state index in [2.05, 4.69) is 10.7 Å². The van der Waals surface area contributed by atoms with Gasteiger partial charge in [-0.1, -0.05) is 19.3 Å². The predicted octanol–water partition coefficient (Wildman–Crippen LogP) is 3.27. The van der Waals surface area contributed by atoms with E-state index >= 15 is 0 Å². The van der Waals surface area contributed by atoms with Gasteiger partial charge in [-0.05, 0) is 42.5 Å². The quantitative estimate of drug-likeness (QED) is 0.880. The highest BCUT2D eigenvalue weighted by Crippen LogP contribution is 2.39. The fourth-order valence-electron chi connectivity index (χ4n) is 2.83. The zero-order valence-corrected chi connectivity index (χ0v) is 11.4. The van der Waals surface area contributed by atoms with E-state index in [0.717, 1.165) is 18.4 Å². The molecule has 0 aliphatic heterocycles. The van der Waals surface area contributed by atoms with Crippen LogP contribution in [0.4, 0.5) is 5.00 Å². The van der Waals surface area contributed by atoms with Crippen LogP contribution in [0.25, 0.3) is 0 Å². The summed E-state index contributed by atoms with van der Waals surface area (Å²) in [5.41, 5.74) is 7.98. The van der Waals surface area contributed by atoms with Crippen molar-refractivity contribution in [3.05, 3.63) is 16.5 Å². The largest absolute Gasteiger partial charge is 0.390 e. The van der Waals surface area contributed by atoms with Gasteiger partial charge in [0.25, 0.3) is 5.91 Å². The molecule has 1 heterocycles. The Bertz CT molecular complexity index is 445. The first-order valence-corrected chi connectivity index (χ1v) is 7.81. The number of hydrogen-bond donors (Lipinski definition) is 2. The molecule has 3 rings (SSSR count). The van der Waals surface area contributed by atoms with Gasteiger partial charge in [-0.3, -0.25) is 4.79 Å². The molecule has 0 bridgehead atoms. The lowest BCUT2D eigenvalue weighted by Crippen LogP contribution is -2.27. The molecule has 0 saturated heterocycles. The Morgan fingerprint density at radius 3 is 2.61 bits per heavy atom. The summed E-state index contributed by atoms with van der Waals surface area (Å²) in [6, 6.07) is 0.399. The van der Waals surface area contributed by atoms with Gasteiger partial charge in [0.05, 0.1) is 10.6 Å². The maximum atomic E-state index is 12.3. The van der Waals surface area contributed by atoms with Gasteiger partial charge in [-0.2, -0.15) is 0 Å². The third-order valence-corrected chi connectivity index (χ3v) is 4.86. The maximum Gasteiger partial charge on any atom is 0.254 e. The van der Waals surface area contributed by atoms with E-state index in [-0.39, 0.29) is 5.91 Å². The second-order valence-corrected chi connectivity index (χ2v) is 6.42. The van der Waals surface area contributed by atoms with Crippen LogP contribution in [0.15, 0.2) is 5.38 Å². The Morgan fingerprint density at radius 1 is 1.22 bits per heavy atom. The standard InChI is InChI=1S/C14H20N2OS/c15-13-12(14(17)16-10-6-7-10)11(8-18-13)9-4-2-1-3-5-9/h8-10H,1-7,15H2,(H,16,17). The summed E-state index contributed by atoms with van der Waals surface area (Å²) < 4.78 is 0. The number of nitrogens with two attached hydrogens (primary N) is 1. The lowest BCUT2D eigenvalue weighted by molar-refractivity contribution is 0.0950. The SMILES string of the molecule is Nc1scc(C2CCCCC2)c1C(=O)NC1CC1. The molecule has 98 valence electrons. The minimum atomic E-state index is 0.0526. The third kappa shape index (κ3) is 2.39. The molecule has 0 atom stereocenters. The molecule has 2 fully saturated rings. The van der Waals surface area contributed by atoms with Gasteiger partial charge in [0.2, 0.25) is 0 Å². The highest BCUT2D eigenvalue weighted by Gasteiger charge is 2.29. The molecule has 0 spiro atoms. The summed E-state index contributed by atoms with van der Waals surface area (Å²) in [6.45, 7) is 0. The molecule has 1 amide bonds. The summed E-state index contributed by atoms with van der Waals surface area (Å²) in [6.07, 6.45) is 8.55. The first-order valence-electron chi connectivity index (χ1n) is 6.93. The Hall–Kier alpha value is -1.03. The Balaban J connectivity index is 1.82. The number of hydrogen-bond acceptors (Lipinski definition) is 3. The van der Waals surface area contributed by atoms with Crippen LogP contribution in [0.5, 0.6) is 0 Å². The molecule has 18 heavy (non-hydrogen) atoms. The second kappa shape index (κ2) is 4.92. The van der Waals surface area contributed by atoms with Crippen molar-refractivity contribution in [1.29, 1.82) is 0 Å². The van der Waals surface area contributed by atoms with Gasteiger partial charge in [-0.15, -0.1) is 11.3 Å². The van der Waals surface area contributed by atoms with Crippen LogP contribution in [0.2, 0.25) is 0 Å². The number of nitrogens with one attached hydrogen (secondary N) is 1. The number of amides is 1. The van der Waals surface area contributed by atoms with E-state index in [1.165, 1.54) is 49.0 Å². The molecule has 0 aromatic carbocycles. The minimum absolute atomic E-state index is 0.0526. The van der Waals surface area contributed by atoms with Crippen LogP contribution >= 0.6 is 11.3 Å².